The fourth-order valence-corrected chi connectivity index (χ4v) is 7.04. The lowest BCUT2D eigenvalue weighted by atomic mass is 10.00. The van der Waals surface area contributed by atoms with Gasteiger partial charge in [0.05, 0.1) is 17.6 Å². The van der Waals surface area contributed by atoms with E-state index in [0.717, 1.165) is 67.1 Å². The van der Waals surface area contributed by atoms with Crippen molar-refractivity contribution >= 4 is 55.3 Å². The summed E-state index contributed by atoms with van der Waals surface area (Å²) in [4.78, 5) is 11.3. The van der Waals surface area contributed by atoms with E-state index in [4.69, 9.17) is 11.6 Å². The van der Waals surface area contributed by atoms with Crippen LogP contribution in [0.1, 0.15) is 0 Å². The second-order valence-corrected chi connectivity index (χ2v) is 12.3. The number of benzene rings is 8. The fraction of sp³-hybridized carbons (Fsp3) is 0. The maximum Gasteiger partial charge on any atom is 0.187 e. The van der Waals surface area contributed by atoms with Crippen LogP contribution in [0.15, 0.2) is 182 Å². The molecular weight excluding hydrogens is 609 g/mol. The van der Waals surface area contributed by atoms with Crippen molar-refractivity contribution in [2.45, 2.75) is 0 Å². The average molecular weight is 639 g/mol. The van der Waals surface area contributed by atoms with Crippen molar-refractivity contribution in [2.75, 3.05) is 4.90 Å². The Morgan fingerprint density at radius 1 is 0.440 bits per heavy atom. The monoisotopic (exact) mass is 638 g/mol. The number of nitrogens with zero attached hydrogens (tertiary/aromatic N) is 4. The summed E-state index contributed by atoms with van der Waals surface area (Å²) in [5, 5.41) is 4.65. The lowest BCUT2D eigenvalue weighted by Gasteiger charge is -2.25. The van der Waals surface area contributed by atoms with Gasteiger partial charge in [0.1, 0.15) is 5.82 Å². The van der Waals surface area contributed by atoms with Crippen molar-refractivity contribution in [2.24, 2.45) is 0 Å². The summed E-state index contributed by atoms with van der Waals surface area (Å²) in [5.41, 5.74) is 10.2. The minimum atomic E-state index is 0.612. The maximum atomic E-state index is 7.50. The molecule has 0 atom stereocenters. The number of anilines is 3. The molecule has 0 aliphatic rings. The van der Waals surface area contributed by atoms with Crippen molar-refractivity contribution in [3.8, 4) is 28.2 Å². The molecule has 0 bridgehead atoms. The quantitative estimate of drug-likeness (QED) is 0.134. The van der Waals surface area contributed by atoms with Gasteiger partial charge in [0.15, 0.2) is 5.69 Å². The Balaban J connectivity index is 1.15. The van der Waals surface area contributed by atoms with Gasteiger partial charge in [-0.05, 0) is 70.4 Å². The van der Waals surface area contributed by atoms with Crippen LogP contribution in [0.4, 0.5) is 22.7 Å². The van der Waals surface area contributed by atoms with E-state index < -0.39 is 0 Å². The lowest BCUT2D eigenvalue weighted by molar-refractivity contribution is 1.11. The van der Waals surface area contributed by atoms with E-state index in [1.54, 1.807) is 0 Å². The first kappa shape index (κ1) is 29.2. The lowest BCUT2D eigenvalue weighted by Crippen LogP contribution is -2.09. The number of para-hydroxylation sites is 2. The zero-order valence-electron chi connectivity index (χ0n) is 27.1. The van der Waals surface area contributed by atoms with Gasteiger partial charge in [-0.25, -0.2) is 9.83 Å². The topological polar surface area (TPSA) is 25.4 Å². The molecule has 0 saturated carbocycles. The van der Waals surface area contributed by atoms with Gasteiger partial charge in [-0.15, -0.1) is 0 Å². The van der Waals surface area contributed by atoms with Crippen molar-refractivity contribution < 1.29 is 0 Å². The van der Waals surface area contributed by atoms with E-state index in [1.807, 2.05) is 36.4 Å². The van der Waals surface area contributed by atoms with Crippen molar-refractivity contribution in [3.05, 3.63) is 193 Å². The second-order valence-electron chi connectivity index (χ2n) is 12.3. The maximum absolute atomic E-state index is 7.50. The zero-order chi connectivity index (χ0) is 33.4. The van der Waals surface area contributed by atoms with Crippen LogP contribution in [0.5, 0.6) is 0 Å². The third-order valence-electron chi connectivity index (χ3n) is 9.40. The van der Waals surface area contributed by atoms with Crippen LogP contribution < -0.4 is 4.90 Å². The number of hydrogen-bond acceptors (Lipinski definition) is 2. The molecule has 0 saturated heterocycles. The highest BCUT2D eigenvalue weighted by molar-refractivity contribution is 6.24. The highest BCUT2D eigenvalue weighted by atomic mass is 15.1. The van der Waals surface area contributed by atoms with Crippen LogP contribution in [0.25, 0.3) is 65.6 Å². The predicted octanol–water partition coefficient (Wildman–Crippen LogP) is 12.7. The highest BCUT2D eigenvalue weighted by Crippen LogP contribution is 2.40. The molecule has 1 heterocycles. The van der Waals surface area contributed by atoms with Crippen LogP contribution in [0.2, 0.25) is 0 Å². The van der Waals surface area contributed by atoms with Gasteiger partial charge in [-0.2, -0.15) is 0 Å². The molecule has 0 amide bonds. The summed E-state index contributed by atoms with van der Waals surface area (Å²) >= 11 is 0. The van der Waals surface area contributed by atoms with E-state index in [9.17, 15) is 0 Å². The Hall–Kier alpha value is -6.96. The van der Waals surface area contributed by atoms with Crippen molar-refractivity contribution in [3.63, 3.8) is 0 Å². The third kappa shape index (κ3) is 4.97. The van der Waals surface area contributed by atoms with Crippen LogP contribution in [0, 0.1) is 6.57 Å². The Morgan fingerprint density at radius 2 is 0.900 bits per heavy atom. The molecule has 0 fully saturated rings. The second kappa shape index (κ2) is 12.2. The van der Waals surface area contributed by atoms with Crippen LogP contribution in [0.3, 0.4) is 0 Å². The van der Waals surface area contributed by atoms with Gasteiger partial charge in [0, 0.05) is 39.1 Å². The van der Waals surface area contributed by atoms with Crippen LogP contribution >= 0.6 is 0 Å². The van der Waals surface area contributed by atoms with Crippen molar-refractivity contribution in [1.29, 1.82) is 0 Å². The molecule has 9 aromatic rings. The van der Waals surface area contributed by atoms with E-state index >= 15 is 0 Å². The van der Waals surface area contributed by atoms with E-state index in [1.165, 1.54) is 10.8 Å². The number of aromatic nitrogens is 2. The molecule has 0 aliphatic carbocycles. The Labute approximate surface area is 290 Å². The average Bonchev–Trinajstić information content (AvgIpc) is 3.61. The molecule has 0 spiro atoms. The van der Waals surface area contributed by atoms with Crippen LogP contribution in [-0.2, 0) is 0 Å². The Kier molecular flexibility index (Phi) is 7.15. The molecule has 0 N–H and O–H groups in total. The molecule has 0 aliphatic heterocycles. The largest absolute Gasteiger partial charge is 0.311 e. The first-order valence-corrected chi connectivity index (χ1v) is 16.7. The molecule has 4 nitrogen and oxygen atoms in total. The van der Waals surface area contributed by atoms with Gasteiger partial charge < -0.3 is 4.90 Å². The zero-order valence-corrected chi connectivity index (χ0v) is 27.1. The third-order valence-corrected chi connectivity index (χ3v) is 9.40. The summed E-state index contributed by atoms with van der Waals surface area (Å²) in [7, 11) is 0. The fourth-order valence-electron chi connectivity index (χ4n) is 7.04. The minimum Gasteiger partial charge on any atom is -0.311 e. The SMILES string of the molecule is [C-]#[N+]c1ccc(-n2c(-c3ccc(-c4ccc(N(c5ccccc5)c5ccccc5)cc4)cc3)nc3c4ccccc4c4ccccc4c32)cc1. The van der Waals surface area contributed by atoms with E-state index in [0.29, 0.717) is 5.69 Å². The minimum absolute atomic E-state index is 0.612. The highest BCUT2D eigenvalue weighted by Gasteiger charge is 2.20. The molecule has 50 heavy (non-hydrogen) atoms. The molecular formula is C46H30N4. The van der Waals surface area contributed by atoms with Gasteiger partial charge in [0.25, 0.3) is 0 Å². The van der Waals surface area contributed by atoms with Gasteiger partial charge in [-0.3, -0.25) is 4.57 Å². The van der Waals surface area contributed by atoms with Crippen LogP contribution in [-0.4, -0.2) is 9.55 Å². The smallest absolute Gasteiger partial charge is 0.187 e. The molecule has 234 valence electrons. The number of hydrogen-bond donors (Lipinski definition) is 0. The van der Waals surface area contributed by atoms with Crippen molar-refractivity contribution in [1.82, 2.24) is 9.55 Å². The molecule has 0 unspecified atom stereocenters. The van der Waals surface area contributed by atoms with Gasteiger partial charge in [0.2, 0.25) is 0 Å². The number of fused-ring (bicyclic) bond motifs is 6. The number of imidazole rings is 1. The first-order valence-electron chi connectivity index (χ1n) is 16.7. The molecule has 1 aromatic heterocycles. The summed E-state index contributed by atoms with van der Waals surface area (Å²) in [5.74, 6) is 0.861. The first-order chi connectivity index (χ1) is 24.8. The molecule has 9 rings (SSSR count). The van der Waals surface area contributed by atoms with E-state index in [2.05, 4.69) is 160 Å². The molecule has 4 heteroatoms. The Morgan fingerprint density at radius 3 is 1.48 bits per heavy atom. The summed E-state index contributed by atoms with van der Waals surface area (Å²) in [6.07, 6.45) is 0. The standard InChI is InChI=1S/C46H30N4/c1-47-35-26-30-39(31-27-35)50-45-43-19-11-9-17-41(43)40-16-8-10-18-42(40)44(45)48-46(50)34-22-20-32(21-23-34)33-24-28-38(29-25-33)49(36-12-4-2-5-13-36)37-14-6-3-7-15-37/h2-31H. The molecule has 8 aromatic carbocycles. The van der Waals surface area contributed by atoms with Gasteiger partial charge in [-0.1, -0.05) is 133 Å². The predicted molar refractivity (Wildman–Crippen MR) is 208 cm³/mol. The Bertz CT molecular complexity index is 2630. The summed E-state index contributed by atoms with van der Waals surface area (Å²) < 4.78 is 2.25. The normalized spacial score (nSPS) is 11.2. The summed E-state index contributed by atoms with van der Waals surface area (Å²) in [6, 6.07) is 63.2. The number of rotatable bonds is 6. The summed E-state index contributed by atoms with van der Waals surface area (Å²) in [6.45, 7) is 7.50. The molecule has 0 radical (unpaired) electrons. The van der Waals surface area contributed by atoms with E-state index in [-0.39, 0.29) is 0 Å². The van der Waals surface area contributed by atoms with Gasteiger partial charge >= 0.3 is 0 Å².